The summed E-state index contributed by atoms with van der Waals surface area (Å²) in [4.78, 5) is 11.5. The van der Waals surface area contributed by atoms with Crippen molar-refractivity contribution in [2.24, 2.45) is 0 Å². The molecule has 1 saturated heterocycles. The number of nitrogen functional groups attached to an aromatic ring is 1. The Balaban J connectivity index is 2.45. The van der Waals surface area contributed by atoms with Crippen molar-refractivity contribution >= 4 is 21.6 Å². The summed E-state index contributed by atoms with van der Waals surface area (Å²) in [6, 6.07) is 2.36. The van der Waals surface area contributed by atoms with Gasteiger partial charge in [0.1, 0.15) is 11.9 Å². The molecule has 1 aromatic rings. The molecule has 0 bridgehead atoms. The van der Waals surface area contributed by atoms with E-state index >= 15 is 0 Å². The van der Waals surface area contributed by atoms with E-state index in [-0.39, 0.29) is 29.6 Å². The summed E-state index contributed by atoms with van der Waals surface area (Å²) in [5.74, 6) is -1.07. The van der Waals surface area contributed by atoms with E-state index < -0.39 is 21.9 Å². The summed E-state index contributed by atoms with van der Waals surface area (Å²) in [5.41, 5.74) is 5.50. The van der Waals surface area contributed by atoms with Gasteiger partial charge in [0.2, 0.25) is 15.9 Å². The van der Waals surface area contributed by atoms with E-state index in [1.165, 1.54) is 6.07 Å². The van der Waals surface area contributed by atoms with Crippen molar-refractivity contribution < 1.29 is 17.6 Å². The Morgan fingerprint density at radius 3 is 2.75 bits per heavy atom. The van der Waals surface area contributed by atoms with Crippen LogP contribution in [0.15, 0.2) is 23.1 Å². The van der Waals surface area contributed by atoms with Gasteiger partial charge in [0.25, 0.3) is 0 Å². The maximum absolute atomic E-state index is 13.3. The molecule has 110 valence electrons. The average Bonchev–Trinajstić information content (AvgIpc) is 2.37. The predicted octanol–water partition coefficient (Wildman–Crippen LogP) is 0.307. The zero-order chi connectivity index (χ0) is 14.9. The van der Waals surface area contributed by atoms with Crippen molar-refractivity contribution in [2.75, 3.05) is 18.8 Å². The lowest BCUT2D eigenvalue weighted by atomic mass is 10.2. The largest absolute Gasteiger partial charge is 0.399 e. The van der Waals surface area contributed by atoms with Crippen LogP contribution >= 0.6 is 0 Å². The molecule has 1 aromatic carbocycles. The van der Waals surface area contributed by atoms with Crippen molar-refractivity contribution in [1.29, 1.82) is 0 Å². The number of nitrogens with zero attached hydrogens (tertiary/aromatic N) is 1. The van der Waals surface area contributed by atoms with Gasteiger partial charge in [-0.25, -0.2) is 12.8 Å². The highest BCUT2D eigenvalue weighted by atomic mass is 32.2. The van der Waals surface area contributed by atoms with Crippen LogP contribution in [0.25, 0.3) is 0 Å². The summed E-state index contributed by atoms with van der Waals surface area (Å²) >= 11 is 0. The number of piperazine rings is 1. The number of carbonyl (C=O) groups is 1. The van der Waals surface area contributed by atoms with Crippen molar-refractivity contribution in [3.05, 3.63) is 24.0 Å². The molecule has 1 heterocycles. The number of anilines is 1. The van der Waals surface area contributed by atoms with Crippen LogP contribution in [-0.2, 0) is 14.8 Å². The van der Waals surface area contributed by atoms with Gasteiger partial charge in [-0.2, -0.15) is 4.31 Å². The molecule has 0 aliphatic carbocycles. The molecule has 1 atom stereocenters. The number of hydrogen-bond donors (Lipinski definition) is 2. The van der Waals surface area contributed by atoms with Gasteiger partial charge in [-0.15, -0.1) is 0 Å². The Kier molecular flexibility index (Phi) is 3.96. The monoisotopic (exact) mass is 301 g/mol. The Bertz CT molecular complexity index is 613. The van der Waals surface area contributed by atoms with E-state index in [1.807, 2.05) is 0 Å². The molecule has 0 spiro atoms. The number of nitrogens with two attached hydrogens (primary N) is 1. The minimum absolute atomic E-state index is 0.0260. The topological polar surface area (TPSA) is 92.5 Å². The highest BCUT2D eigenvalue weighted by Crippen LogP contribution is 2.23. The number of nitrogens with one attached hydrogen (secondary N) is 1. The van der Waals surface area contributed by atoms with Crippen LogP contribution in [0.5, 0.6) is 0 Å². The van der Waals surface area contributed by atoms with Crippen molar-refractivity contribution in [2.45, 2.75) is 24.3 Å². The number of sulfonamides is 1. The smallest absolute Gasteiger partial charge is 0.244 e. The fourth-order valence-electron chi connectivity index (χ4n) is 2.24. The maximum Gasteiger partial charge on any atom is 0.244 e. The standard InChI is InChI=1S/C12H16FN3O3S/c1-2-11-12(17)15-3-4-16(11)20(18,19)10-6-8(13)5-9(14)7-10/h5-7,11H,2-4,14H2,1H3,(H,15,17). The first-order valence-electron chi connectivity index (χ1n) is 6.22. The summed E-state index contributed by atoms with van der Waals surface area (Å²) in [7, 11) is -3.95. The number of carbonyl (C=O) groups excluding carboxylic acids is 1. The van der Waals surface area contributed by atoms with Gasteiger partial charge >= 0.3 is 0 Å². The molecule has 1 aliphatic rings. The third-order valence-electron chi connectivity index (χ3n) is 3.17. The molecule has 20 heavy (non-hydrogen) atoms. The average molecular weight is 301 g/mol. The number of amides is 1. The first-order valence-corrected chi connectivity index (χ1v) is 7.66. The summed E-state index contributed by atoms with van der Waals surface area (Å²) in [5, 5.41) is 2.62. The lowest BCUT2D eigenvalue weighted by molar-refractivity contribution is -0.126. The highest BCUT2D eigenvalue weighted by molar-refractivity contribution is 7.89. The fourth-order valence-corrected chi connectivity index (χ4v) is 3.97. The summed E-state index contributed by atoms with van der Waals surface area (Å²) in [6.07, 6.45) is 0.343. The zero-order valence-corrected chi connectivity index (χ0v) is 11.8. The molecule has 1 aliphatic heterocycles. The molecule has 0 radical (unpaired) electrons. The second-order valence-corrected chi connectivity index (χ2v) is 6.44. The van der Waals surface area contributed by atoms with E-state index in [1.54, 1.807) is 6.92 Å². The predicted molar refractivity (Wildman–Crippen MR) is 71.8 cm³/mol. The second kappa shape index (κ2) is 5.37. The molecule has 3 N–H and O–H groups in total. The van der Waals surface area contributed by atoms with Crippen LogP contribution in [0, 0.1) is 5.82 Å². The molecule has 1 amide bonds. The van der Waals surface area contributed by atoms with Gasteiger partial charge in [-0.3, -0.25) is 4.79 Å². The Morgan fingerprint density at radius 1 is 1.45 bits per heavy atom. The van der Waals surface area contributed by atoms with Gasteiger partial charge in [0, 0.05) is 18.8 Å². The van der Waals surface area contributed by atoms with Crippen LogP contribution in [-0.4, -0.2) is 37.8 Å². The first kappa shape index (κ1) is 14.7. The number of halogens is 1. The van der Waals surface area contributed by atoms with E-state index in [0.717, 1.165) is 16.4 Å². The van der Waals surface area contributed by atoms with Gasteiger partial charge < -0.3 is 11.1 Å². The van der Waals surface area contributed by atoms with E-state index in [4.69, 9.17) is 5.73 Å². The Morgan fingerprint density at radius 2 is 2.15 bits per heavy atom. The third kappa shape index (κ3) is 2.61. The van der Waals surface area contributed by atoms with Crippen molar-refractivity contribution in [1.82, 2.24) is 9.62 Å². The van der Waals surface area contributed by atoms with Crippen LogP contribution in [0.1, 0.15) is 13.3 Å². The molecule has 6 nitrogen and oxygen atoms in total. The number of rotatable bonds is 3. The minimum atomic E-state index is -3.95. The van der Waals surface area contributed by atoms with Crippen LogP contribution < -0.4 is 11.1 Å². The Hall–Kier alpha value is -1.67. The molecule has 1 unspecified atom stereocenters. The number of hydrogen-bond acceptors (Lipinski definition) is 4. The summed E-state index contributed by atoms with van der Waals surface area (Å²) < 4.78 is 39.5. The molecule has 0 saturated carbocycles. The molecule has 1 fully saturated rings. The highest BCUT2D eigenvalue weighted by Gasteiger charge is 2.37. The zero-order valence-electron chi connectivity index (χ0n) is 11.0. The quantitative estimate of drug-likeness (QED) is 0.786. The van der Waals surface area contributed by atoms with Crippen LogP contribution in [0.3, 0.4) is 0 Å². The van der Waals surface area contributed by atoms with E-state index in [9.17, 15) is 17.6 Å². The van der Waals surface area contributed by atoms with Gasteiger partial charge in [0.15, 0.2) is 0 Å². The first-order chi connectivity index (χ1) is 9.36. The molecule has 0 aromatic heterocycles. The summed E-state index contributed by atoms with van der Waals surface area (Å²) in [6.45, 7) is 2.11. The normalized spacial score (nSPS) is 20.7. The molecule has 2 rings (SSSR count). The third-order valence-corrected chi connectivity index (χ3v) is 5.05. The lowest BCUT2D eigenvalue weighted by Gasteiger charge is -2.33. The molecule has 8 heteroatoms. The maximum atomic E-state index is 13.3. The SMILES string of the molecule is CCC1C(=O)NCCN1S(=O)(=O)c1cc(N)cc(F)c1. The van der Waals surface area contributed by atoms with Crippen molar-refractivity contribution in [3.8, 4) is 0 Å². The van der Waals surface area contributed by atoms with E-state index in [2.05, 4.69) is 5.32 Å². The van der Waals surface area contributed by atoms with Crippen molar-refractivity contribution in [3.63, 3.8) is 0 Å². The number of benzene rings is 1. The van der Waals surface area contributed by atoms with E-state index in [0.29, 0.717) is 6.42 Å². The van der Waals surface area contributed by atoms with Crippen LogP contribution in [0.2, 0.25) is 0 Å². The van der Waals surface area contributed by atoms with Gasteiger partial charge in [-0.1, -0.05) is 6.92 Å². The van der Waals surface area contributed by atoms with Gasteiger partial charge in [0.05, 0.1) is 4.90 Å². The minimum Gasteiger partial charge on any atom is -0.399 e. The fraction of sp³-hybridized carbons (Fsp3) is 0.417. The molecular weight excluding hydrogens is 285 g/mol. The lowest BCUT2D eigenvalue weighted by Crippen LogP contribution is -2.56. The van der Waals surface area contributed by atoms with Crippen LogP contribution in [0.4, 0.5) is 10.1 Å². The van der Waals surface area contributed by atoms with Gasteiger partial charge in [-0.05, 0) is 24.6 Å². The second-order valence-electron chi connectivity index (χ2n) is 4.55. The molecular formula is C12H16FN3O3S. The Labute approximate surface area is 116 Å².